The van der Waals surface area contributed by atoms with Gasteiger partial charge in [-0.3, -0.25) is 0 Å². The van der Waals surface area contributed by atoms with E-state index in [9.17, 15) is 4.39 Å². The van der Waals surface area contributed by atoms with Gasteiger partial charge in [0.1, 0.15) is 5.82 Å². The minimum atomic E-state index is -0.0923. The second-order valence-electron chi connectivity index (χ2n) is 6.23. The van der Waals surface area contributed by atoms with Gasteiger partial charge in [0.2, 0.25) is 0 Å². The molecule has 1 aliphatic heterocycles. The monoisotopic (exact) mass is 276 g/mol. The van der Waals surface area contributed by atoms with Crippen molar-refractivity contribution >= 4 is 0 Å². The van der Waals surface area contributed by atoms with E-state index in [0.717, 1.165) is 11.5 Å². The van der Waals surface area contributed by atoms with Gasteiger partial charge in [-0.2, -0.15) is 0 Å². The Morgan fingerprint density at radius 2 is 2.00 bits per heavy atom. The van der Waals surface area contributed by atoms with Crippen LogP contribution >= 0.6 is 0 Å². The first-order valence-electron chi connectivity index (χ1n) is 8.05. The predicted molar refractivity (Wildman–Crippen MR) is 80.0 cm³/mol. The number of rotatable bonds is 4. The maximum Gasteiger partial charge on any atom is 0.127 e. The molecule has 0 bridgehead atoms. The van der Waals surface area contributed by atoms with E-state index in [2.05, 4.69) is 10.6 Å². The normalized spacial score (nSPS) is 30.6. The molecule has 1 saturated heterocycles. The van der Waals surface area contributed by atoms with Crippen molar-refractivity contribution in [3.8, 4) is 0 Å². The smallest absolute Gasteiger partial charge is 0.127 e. The van der Waals surface area contributed by atoms with Crippen LogP contribution in [0.25, 0.3) is 0 Å². The minimum absolute atomic E-state index is 0.0923. The van der Waals surface area contributed by atoms with E-state index in [-0.39, 0.29) is 5.82 Å². The van der Waals surface area contributed by atoms with Gasteiger partial charge in [-0.15, -0.1) is 0 Å². The Balaban J connectivity index is 1.57. The fourth-order valence-electron chi connectivity index (χ4n) is 3.85. The summed E-state index contributed by atoms with van der Waals surface area (Å²) in [5, 5.41) is 7.29. The molecular weight excluding hydrogens is 251 g/mol. The van der Waals surface area contributed by atoms with Gasteiger partial charge in [-0.05, 0) is 44.2 Å². The Bertz CT molecular complexity index is 429. The zero-order valence-corrected chi connectivity index (χ0v) is 12.1. The fraction of sp³-hybridized carbons (Fsp3) is 0.647. The molecule has 20 heavy (non-hydrogen) atoms. The summed E-state index contributed by atoms with van der Waals surface area (Å²) in [5.41, 5.74) is 0.787. The molecule has 1 aromatic carbocycles. The van der Waals surface area contributed by atoms with Crippen molar-refractivity contribution < 1.29 is 4.39 Å². The summed E-state index contributed by atoms with van der Waals surface area (Å²) in [6, 6.07) is 8.31. The van der Waals surface area contributed by atoms with E-state index in [1.54, 1.807) is 12.1 Å². The molecule has 0 spiro atoms. The number of halogens is 1. The van der Waals surface area contributed by atoms with Gasteiger partial charge in [0.15, 0.2) is 0 Å². The lowest BCUT2D eigenvalue weighted by Crippen LogP contribution is -2.46. The maximum atomic E-state index is 13.7. The molecule has 1 aromatic rings. The van der Waals surface area contributed by atoms with Crippen LogP contribution < -0.4 is 10.6 Å². The molecule has 3 atom stereocenters. The molecule has 110 valence electrons. The minimum Gasteiger partial charge on any atom is -0.314 e. The molecule has 2 nitrogen and oxygen atoms in total. The van der Waals surface area contributed by atoms with E-state index in [0.29, 0.717) is 18.6 Å². The van der Waals surface area contributed by atoms with Crippen LogP contribution in [-0.4, -0.2) is 18.6 Å². The van der Waals surface area contributed by atoms with Gasteiger partial charge < -0.3 is 10.6 Å². The highest BCUT2D eigenvalue weighted by molar-refractivity contribution is 5.17. The second kappa shape index (κ2) is 6.68. The average Bonchev–Trinajstić information content (AvgIpc) is 2.96. The van der Waals surface area contributed by atoms with Gasteiger partial charge in [0, 0.05) is 24.2 Å². The van der Waals surface area contributed by atoms with Crippen LogP contribution in [0.3, 0.4) is 0 Å². The summed E-state index contributed by atoms with van der Waals surface area (Å²) in [4.78, 5) is 0. The highest BCUT2D eigenvalue weighted by Gasteiger charge is 2.33. The topological polar surface area (TPSA) is 24.1 Å². The van der Waals surface area contributed by atoms with Crippen LogP contribution in [0.5, 0.6) is 0 Å². The molecule has 0 aromatic heterocycles. The van der Waals surface area contributed by atoms with Crippen LogP contribution in [-0.2, 0) is 6.54 Å². The quantitative estimate of drug-likeness (QED) is 0.882. The lowest BCUT2D eigenvalue weighted by molar-refractivity contribution is 0.256. The molecule has 2 N–H and O–H groups in total. The van der Waals surface area contributed by atoms with Crippen molar-refractivity contribution in [2.24, 2.45) is 5.92 Å². The van der Waals surface area contributed by atoms with E-state index < -0.39 is 0 Å². The van der Waals surface area contributed by atoms with E-state index in [1.807, 2.05) is 12.1 Å². The first-order chi connectivity index (χ1) is 9.84. The van der Waals surface area contributed by atoms with E-state index >= 15 is 0 Å². The summed E-state index contributed by atoms with van der Waals surface area (Å²) in [6.45, 7) is 1.82. The molecule has 3 heteroatoms. The highest BCUT2D eigenvalue weighted by Crippen LogP contribution is 2.32. The lowest BCUT2D eigenvalue weighted by Gasteiger charge is -2.33. The summed E-state index contributed by atoms with van der Waals surface area (Å²) < 4.78 is 13.7. The summed E-state index contributed by atoms with van der Waals surface area (Å²) in [5.74, 6) is 0.632. The van der Waals surface area contributed by atoms with Crippen molar-refractivity contribution in [3.05, 3.63) is 35.6 Å². The molecule has 2 aliphatic rings. The Hall–Kier alpha value is -0.930. The lowest BCUT2D eigenvalue weighted by atomic mass is 9.88. The van der Waals surface area contributed by atoms with Crippen molar-refractivity contribution in [2.75, 3.05) is 6.54 Å². The number of benzene rings is 1. The average molecular weight is 276 g/mol. The molecule has 2 fully saturated rings. The number of hydrogen-bond donors (Lipinski definition) is 2. The third-order valence-electron chi connectivity index (χ3n) is 4.95. The molecule has 3 rings (SSSR count). The fourth-order valence-corrected chi connectivity index (χ4v) is 3.85. The summed E-state index contributed by atoms with van der Waals surface area (Å²) >= 11 is 0. The number of piperidine rings is 1. The van der Waals surface area contributed by atoms with E-state index in [4.69, 9.17) is 0 Å². The standard InChI is InChI=1S/C17H25FN2/c18-15-8-2-1-6-13(15)12-20-17-10-5-7-14(17)16-9-3-4-11-19-16/h1-2,6,8,14,16-17,19-20H,3-5,7,9-12H2. The predicted octanol–water partition coefficient (Wildman–Crippen LogP) is 3.23. The highest BCUT2D eigenvalue weighted by atomic mass is 19.1. The van der Waals surface area contributed by atoms with Crippen molar-refractivity contribution in [3.63, 3.8) is 0 Å². The molecule has 1 aliphatic carbocycles. The molecule has 1 heterocycles. The summed E-state index contributed by atoms with van der Waals surface area (Å²) in [6.07, 6.45) is 7.83. The Labute approximate surface area is 121 Å². The van der Waals surface area contributed by atoms with Gasteiger partial charge in [0.05, 0.1) is 0 Å². The molecule has 0 radical (unpaired) electrons. The van der Waals surface area contributed by atoms with Crippen LogP contribution in [0.4, 0.5) is 4.39 Å². The first-order valence-corrected chi connectivity index (χ1v) is 8.05. The van der Waals surface area contributed by atoms with Crippen molar-refractivity contribution in [1.82, 2.24) is 10.6 Å². The number of hydrogen-bond acceptors (Lipinski definition) is 2. The first kappa shape index (κ1) is 14.0. The molecular formula is C17H25FN2. The maximum absolute atomic E-state index is 13.7. The van der Waals surface area contributed by atoms with Crippen LogP contribution in [0.1, 0.15) is 44.1 Å². The molecule has 3 unspecified atom stereocenters. The van der Waals surface area contributed by atoms with Crippen molar-refractivity contribution in [1.29, 1.82) is 0 Å². The zero-order valence-electron chi connectivity index (χ0n) is 12.1. The van der Waals surface area contributed by atoms with E-state index in [1.165, 1.54) is 45.1 Å². The van der Waals surface area contributed by atoms with Crippen molar-refractivity contribution in [2.45, 2.75) is 57.2 Å². The van der Waals surface area contributed by atoms with Gasteiger partial charge >= 0.3 is 0 Å². The zero-order chi connectivity index (χ0) is 13.8. The van der Waals surface area contributed by atoms with Crippen LogP contribution in [0.15, 0.2) is 24.3 Å². The largest absolute Gasteiger partial charge is 0.314 e. The molecule has 1 saturated carbocycles. The Morgan fingerprint density at radius 3 is 2.80 bits per heavy atom. The summed E-state index contributed by atoms with van der Waals surface area (Å²) in [7, 11) is 0. The third kappa shape index (κ3) is 3.21. The second-order valence-corrected chi connectivity index (χ2v) is 6.23. The SMILES string of the molecule is Fc1ccccc1CNC1CCCC1C1CCCCN1. The third-order valence-corrected chi connectivity index (χ3v) is 4.95. The molecule has 0 amide bonds. The Morgan fingerprint density at radius 1 is 1.10 bits per heavy atom. The Kier molecular flexibility index (Phi) is 4.69. The number of nitrogens with one attached hydrogen (secondary N) is 2. The van der Waals surface area contributed by atoms with Gasteiger partial charge in [-0.1, -0.05) is 31.0 Å². The van der Waals surface area contributed by atoms with Gasteiger partial charge in [0.25, 0.3) is 0 Å². The van der Waals surface area contributed by atoms with Crippen LogP contribution in [0.2, 0.25) is 0 Å². The van der Waals surface area contributed by atoms with Crippen LogP contribution in [0, 0.1) is 11.7 Å². The van der Waals surface area contributed by atoms with Gasteiger partial charge in [-0.25, -0.2) is 4.39 Å².